The third-order valence-corrected chi connectivity index (χ3v) is 4.70. The van der Waals surface area contributed by atoms with Gasteiger partial charge in [0.05, 0.1) is 17.8 Å². The smallest absolute Gasteiger partial charge is 0.216 e. The molecule has 0 radical (unpaired) electrons. The number of phenolic OH excluding ortho intramolecular Hbond substituents is 1. The minimum absolute atomic E-state index is 0.0907. The van der Waals surface area contributed by atoms with E-state index >= 15 is 0 Å². The molecule has 1 heterocycles. The first-order chi connectivity index (χ1) is 12.0. The number of hydrogen-bond donors (Lipinski definition) is 2. The van der Waals surface area contributed by atoms with Gasteiger partial charge < -0.3 is 9.84 Å². The van der Waals surface area contributed by atoms with Gasteiger partial charge in [-0.2, -0.15) is 14.9 Å². The van der Waals surface area contributed by atoms with E-state index < -0.39 is 0 Å². The monoisotopic (exact) mass is 482 g/mol. The third kappa shape index (κ3) is 3.83. The Hall–Kier alpha value is -1.97. The van der Waals surface area contributed by atoms with Crippen LogP contribution in [0, 0.1) is 4.77 Å². The van der Waals surface area contributed by atoms with E-state index in [0.29, 0.717) is 20.6 Å². The Balaban J connectivity index is 2.01. The second kappa shape index (κ2) is 7.51. The van der Waals surface area contributed by atoms with Crippen LogP contribution in [0.1, 0.15) is 5.56 Å². The summed E-state index contributed by atoms with van der Waals surface area (Å²) < 4.78 is 8.37. The van der Waals surface area contributed by atoms with Gasteiger partial charge in [0.25, 0.3) is 0 Å². The van der Waals surface area contributed by atoms with Crippen LogP contribution in [0.25, 0.3) is 11.4 Å². The average molecular weight is 484 g/mol. The van der Waals surface area contributed by atoms with Crippen molar-refractivity contribution in [3.63, 3.8) is 0 Å². The number of H-pyrrole nitrogens is 1. The van der Waals surface area contributed by atoms with E-state index in [1.54, 1.807) is 19.2 Å². The lowest BCUT2D eigenvalue weighted by molar-refractivity contribution is 0.415. The average Bonchev–Trinajstić information content (AvgIpc) is 2.97. The summed E-state index contributed by atoms with van der Waals surface area (Å²) >= 11 is 11.9. The number of phenols is 1. The number of halogens is 2. The van der Waals surface area contributed by atoms with E-state index in [4.69, 9.17) is 17.0 Å². The van der Waals surface area contributed by atoms with Gasteiger partial charge >= 0.3 is 0 Å². The number of benzene rings is 2. The fourth-order valence-corrected chi connectivity index (χ4v) is 3.57. The summed E-state index contributed by atoms with van der Waals surface area (Å²) in [5.74, 6) is 1.39. The lowest BCUT2D eigenvalue weighted by atomic mass is 10.2. The number of hydrogen-bond acceptors (Lipinski definition) is 5. The van der Waals surface area contributed by atoms with Crippen LogP contribution in [0.15, 0.2) is 50.4 Å². The first kappa shape index (κ1) is 17.8. The highest BCUT2D eigenvalue weighted by Crippen LogP contribution is 2.30. The van der Waals surface area contributed by atoms with Crippen molar-refractivity contribution in [1.29, 1.82) is 0 Å². The molecule has 2 aromatic carbocycles. The van der Waals surface area contributed by atoms with Gasteiger partial charge in [-0.25, -0.2) is 5.10 Å². The van der Waals surface area contributed by atoms with Crippen molar-refractivity contribution in [3.05, 3.63) is 55.7 Å². The SMILES string of the molecule is COc1ccc(-c2n[nH]c(=S)n2/N=C\c2cc(Br)cc(Br)c2O)cc1. The molecule has 0 amide bonds. The standard InChI is InChI=1S/C16H12Br2N4O2S/c1-24-12-4-2-9(3-5-12)15-20-21-16(25)22(15)19-8-10-6-11(17)7-13(18)14(10)23/h2-8,23H,1H3,(H,21,25)/b19-8-. The van der Waals surface area contributed by atoms with Gasteiger partial charge in [0.15, 0.2) is 5.82 Å². The predicted molar refractivity (Wildman–Crippen MR) is 106 cm³/mol. The van der Waals surface area contributed by atoms with Gasteiger partial charge in [0.1, 0.15) is 11.5 Å². The van der Waals surface area contributed by atoms with E-state index in [1.165, 1.54) is 10.9 Å². The highest BCUT2D eigenvalue weighted by molar-refractivity contribution is 9.11. The lowest BCUT2D eigenvalue weighted by Gasteiger charge is -2.04. The number of nitrogens with one attached hydrogen (secondary N) is 1. The highest BCUT2D eigenvalue weighted by Gasteiger charge is 2.10. The Morgan fingerprint density at radius 3 is 2.68 bits per heavy atom. The minimum atomic E-state index is 0.0907. The van der Waals surface area contributed by atoms with Crippen LogP contribution >= 0.6 is 44.1 Å². The normalized spacial score (nSPS) is 11.2. The summed E-state index contributed by atoms with van der Waals surface area (Å²) in [6.45, 7) is 0. The second-order valence-corrected chi connectivity index (χ2v) is 7.12. The fraction of sp³-hybridized carbons (Fsp3) is 0.0625. The number of ether oxygens (including phenoxy) is 1. The van der Waals surface area contributed by atoms with E-state index in [-0.39, 0.29) is 5.75 Å². The largest absolute Gasteiger partial charge is 0.506 e. The van der Waals surface area contributed by atoms with Crippen LogP contribution in [-0.2, 0) is 0 Å². The summed E-state index contributed by atoms with van der Waals surface area (Å²) in [4.78, 5) is 0. The molecule has 0 saturated carbocycles. The number of methoxy groups -OCH3 is 1. The molecular weight excluding hydrogens is 472 g/mol. The lowest BCUT2D eigenvalue weighted by Crippen LogP contribution is -1.95. The number of aromatic amines is 1. The van der Waals surface area contributed by atoms with E-state index in [1.807, 2.05) is 24.3 Å². The molecule has 9 heteroatoms. The zero-order valence-electron chi connectivity index (χ0n) is 12.9. The molecular formula is C16H12Br2N4O2S. The second-order valence-electron chi connectivity index (χ2n) is 4.96. The Morgan fingerprint density at radius 2 is 2.00 bits per heavy atom. The van der Waals surface area contributed by atoms with Crippen LogP contribution < -0.4 is 4.74 Å². The van der Waals surface area contributed by atoms with Gasteiger partial charge in [-0.15, -0.1) is 0 Å². The molecule has 0 aliphatic heterocycles. The molecule has 25 heavy (non-hydrogen) atoms. The Morgan fingerprint density at radius 1 is 1.28 bits per heavy atom. The summed E-state index contributed by atoms with van der Waals surface area (Å²) in [5.41, 5.74) is 1.36. The summed E-state index contributed by atoms with van der Waals surface area (Å²) in [5, 5.41) is 21.4. The van der Waals surface area contributed by atoms with Gasteiger partial charge in [-0.05, 0) is 64.5 Å². The summed E-state index contributed by atoms with van der Waals surface area (Å²) in [7, 11) is 1.61. The van der Waals surface area contributed by atoms with Crippen LogP contribution in [-0.4, -0.2) is 33.3 Å². The van der Waals surface area contributed by atoms with Crippen molar-refractivity contribution < 1.29 is 9.84 Å². The van der Waals surface area contributed by atoms with Crippen molar-refractivity contribution in [2.45, 2.75) is 0 Å². The molecule has 0 aliphatic carbocycles. The van der Waals surface area contributed by atoms with Crippen LogP contribution in [0.5, 0.6) is 11.5 Å². The van der Waals surface area contributed by atoms with Crippen molar-refractivity contribution in [1.82, 2.24) is 14.9 Å². The highest BCUT2D eigenvalue weighted by atomic mass is 79.9. The van der Waals surface area contributed by atoms with Gasteiger partial charge in [-0.1, -0.05) is 15.9 Å². The van der Waals surface area contributed by atoms with Gasteiger partial charge in [0.2, 0.25) is 4.77 Å². The van der Waals surface area contributed by atoms with Crippen molar-refractivity contribution >= 4 is 50.3 Å². The Bertz CT molecular complexity index is 996. The van der Waals surface area contributed by atoms with Crippen LogP contribution in [0.4, 0.5) is 0 Å². The molecule has 3 aromatic rings. The first-order valence-electron chi connectivity index (χ1n) is 7.04. The zero-order chi connectivity index (χ0) is 18.0. The van der Waals surface area contributed by atoms with Crippen molar-refractivity contribution in [2.75, 3.05) is 7.11 Å². The predicted octanol–water partition coefficient (Wildman–Crippen LogP) is 4.73. The molecule has 0 bridgehead atoms. The summed E-state index contributed by atoms with van der Waals surface area (Å²) in [6, 6.07) is 10.9. The molecule has 2 N–H and O–H groups in total. The van der Waals surface area contributed by atoms with Gasteiger partial charge in [0, 0.05) is 15.6 Å². The van der Waals surface area contributed by atoms with Crippen LogP contribution in [0.2, 0.25) is 0 Å². The maximum Gasteiger partial charge on any atom is 0.216 e. The zero-order valence-corrected chi connectivity index (χ0v) is 16.9. The molecule has 0 aliphatic rings. The molecule has 128 valence electrons. The third-order valence-electron chi connectivity index (χ3n) is 3.37. The molecule has 3 rings (SSSR count). The Kier molecular flexibility index (Phi) is 5.36. The van der Waals surface area contributed by atoms with E-state index in [9.17, 15) is 5.11 Å². The number of aromatic nitrogens is 3. The number of aromatic hydroxyl groups is 1. The van der Waals surface area contributed by atoms with Crippen LogP contribution in [0.3, 0.4) is 0 Å². The Labute approximate surface area is 165 Å². The molecule has 6 nitrogen and oxygen atoms in total. The minimum Gasteiger partial charge on any atom is -0.506 e. The number of rotatable bonds is 4. The molecule has 0 saturated heterocycles. The van der Waals surface area contributed by atoms with E-state index in [0.717, 1.165) is 15.8 Å². The van der Waals surface area contributed by atoms with E-state index in [2.05, 4.69) is 47.2 Å². The van der Waals surface area contributed by atoms with Crippen molar-refractivity contribution in [3.8, 4) is 22.9 Å². The maximum atomic E-state index is 10.1. The summed E-state index contributed by atoms with van der Waals surface area (Å²) in [6.07, 6.45) is 1.52. The maximum absolute atomic E-state index is 10.1. The molecule has 0 atom stereocenters. The molecule has 0 unspecified atom stereocenters. The molecule has 1 aromatic heterocycles. The number of nitrogens with zero attached hydrogens (tertiary/aromatic N) is 3. The molecule has 0 fully saturated rings. The van der Waals surface area contributed by atoms with Crippen molar-refractivity contribution in [2.24, 2.45) is 5.10 Å². The van der Waals surface area contributed by atoms with Gasteiger partial charge in [-0.3, -0.25) is 0 Å². The molecule has 0 spiro atoms. The quantitative estimate of drug-likeness (QED) is 0.415. The fourth-order valence-electron chi connectivity index (χ4n) is 2.13. The topological polar surface area (TPSA) is 75.4 Å². The first-order valence-corrected chi connectivity index (χ1v) is 9.03.